The predicted octanol–water partition coefficient (Wildman–Crippen LogP) is 1.47. The summed E-state index contributed by atoms with van der Waals surface area (Å²) >= 11 is 0. The lowest BCUT2D eigenvalue weighted by molar-refractivity contribution is -0.148. The van der Waals surface area contributed by atoms with E-state index >= 15 is 0 Å². The number of methoxy groups -OCH3 is 1. The summed E-state index contributed by atoms with van der Waals surface area (Å²) in [4.78, 5) is 14.1. The van der Waals surface area contributed by atoms with Crippen LogP contribution in [0.25, 0.3) is 6.08 Å². The van der Waals surface area contributed by atoms with Crippen LogP contribution < -0.4 is 9.57 Å². The number of carboxylic acids is 1. The van der Waals surface area contributed by atoms with Gasteiger partial charge in [-0.1, -0.05) is 42.5 Å². The maximum Gasteiger partial charge on any atom is 0.338 e. The summed E-state index contributed by atoms with van der Waals surface area (Å²) in [6.45, 7) is -0.423. The highest BCUT2D eigenvalue weighted by Crippen LogP contribution is 2.24. The number of sulfonamides is 2. The Hall–Kier alpha value is -3.03. The Labute approximate surface area is 192 Å². The highest BCUT2D eigenvalue weighted by Gasteiger charge is 2.41. The predicted molar refractivity (Wildman–Crippen MR) is 122 cm³/mol. The van der Waals surface area contributed by atoms with E-state index in [0.717, 1.165) is 10.4 Å². The fourth-order valence-corrected chi connectivity index (χ4v) is 5.50. The summed E-state index contributed by atoms with van der Waals surface area (Å²) in [5.74, 6) is -1.11. The van der Waals surface area contributed by atoms with Crippen molar-refractivity contribution in [2.24, 2.45) is 0 Å². The lowest BCUT2D eigenvalue weighted by Gasteiger charge is -2.33. The Morgan fingerprint density at radius 1 is 1.03 bits per heavy atom. The number of nitrogens with zero attached hydrogens (tertiary/aromatic N) is 2. The van der Waals surface area contributed by atoms with E-state index in [9.17, 15) is 26.7 Å². The summed E-state index contributed by atoms with van der Waals surface area (Å²) in [6.07, 6.45) is 2.47. The normalized spacial score (nSPS) is 18.3. The Morgan fingerprint density at radius 2 is 1.67 bits per heavy atom. The summed E-state index contributed by atoms with van der Waals surface area (Å²) in [5.41, 5.74) is 0.622. The van der Waals surface area contributed by atoms with E-state index < -0.39 is 32.2 Å². The van der Waals surface area contributed by atoms with E-state index in [1.54, 1.807) is 30.3 Å². The van der Waals surface area contributed by atoms with Crippen LogP contribution in [0, 0.1) is 0 Å². The fraction of sp³-hybridized carbons (Fsp3) is 0.190. The molecule has 0 saturated heterocycles. The average molecular weight is 494 g/mol. The van der Waals surface area contributed by atoms with Crippen LogP contribution in [-0.4, -0.2) is 63.6 Å². The van der Waals surface area contributed by atoms with Gasteiger partial charge in [-0.25, -0.2) is 21.6 Å². The van der Waals surface area contributed by atoms with E-state index in [1.807, 2.05) is 0 Å². The number of hydrogen-bond donors (Lipinski definition) is 2. The van der Waals surface area contributed by atoms with Crippen LogP contribution in [-0.2, 0) is 24.8 Å². The molecule has 2 aromatic rings. The molecule has 0 spiro atoms. The van der Waals surface area contributed by atoms with Crippen LogP contribution in [0.4, 0.5) is 0 Å². The first-order valence-corrected chi connectivity index (χ1v) is 12.7. The molecule has 1 atom stereocenters. The molecule has 0 bridgehead atoms. The number of ether oxygens (including phenoxy) is 1. The van der Waals surface area contributed by atoms with Gasteiger partial charge in [0.1, 0.15) is 5.75 Å². The molecule has 1 heterocycles. The van der Waals surface area contributed by atoms with Crippen molar-refractivity contribution in [1.82, 2.24) is 14.1 Å². The molecule has 2 aromatic carbocycles. The highest BCUT2D eigenvalue weighted by atomic mass is 32.2. The van der Waals surface area contributed by atoms with Gasteiger partial charge in [-0.3, -0.25) is 0 Å². The topological polar surface area (TPSA) is 133 Å². The monoisotopic (exact) mass is 493 g/mol. The Kier molecular flexibility index (Phi) is 7.66. The second-order valence-corrected chi connectivity index (χ2v) is 10.4. The molecular formula is C21H23N3O7S2. The minimum atomic E-state index is -4.30. The van der Waals surface area contributed by atoms with Gasteiger partial charge >= 0.3 is 5.97 Å². The van der Waals surface area contributed by atoms with Gasteiger partial charge < -0.3 is 9.84 Å². The molecule has 0 saturated carbocycles. The van der Waals surface area contributed by atoms with Crippen molar-refractivity contribution in [3.8, 4) is 5.75 Å². The summed E-state index contributed by atoms with van der Waals surface area (Å²) in [7, 11) is -7.01. The van der Waals surface area contributed by atoms with Gasteiger partial charge in [-0.2, -0.15) is 9.31 Å². The Bertz CT molecular complexity index is 1240. The van der Waals surface area contributed by atoms with Crippen LogP contribution in [0.1, 0.15) is 5.56 Å². The van der Waals surface area contributed by atoms with Gasteiger partial charge in [-0.15, -0.1) is 4.83 Å². The van der Waals surface area contributed by atoms with Crippen molar-refractivity contribution in [1.29, 1.82) is 0 Å². The zero-order chi connectivity index (χ0) is 24.1. The molecule has 1 unspecified atom stereocenters. The number of hydrazine groups is 1. The molecule has 176 valence electrons. The standard InChI is InChI=1S/C21H23N3O7S2/c1-31-18-9-11-19(12-10-18)33(29,30)24-15-6-5-14-23(20(24)21(25)26)22-32(27,28)16-13-17-7-3-2-4-8-17/h2-13,16,20,22H,14-15H2,1H3,(H,25,26)/b16-13+. The van der Waals surface area contributed by atoms with Gasteiger partial charge in [-0.05, 0) is 35.9 Å². The number of aliphatic carboxylic acids is 1. The number of rotatable bonds is 8. The molecule has 1 aliphatic heterocycles. The van der Waals surface area contributed by atoms with Gasteiger partial charge in [0.15, 0.2) is 6.17 Å². The molecule has 33 heavy (non-hydrogen) atoms. The van der Waals surface area contributed by atoms with Crippen molar-refractivity contribution < 1.29 is 31.5 Å². The molecule has 1 aliphatic rings. The zero-order valence-corrected chi connectivity index (χ0v) is 19.2. The molecule has 0 aromatic heterocycles. The third kappa shape index (κ3) is 6.06. The summed E-state index contributed by atoms with van der Waals surface area (Å²) < 4.78 is 57.5. The summed E-state index contributed by atoms with van der Waals surface area (Å²) in [5, 5.41) is 11.6. The van der Waals surface area contributed by atoms with Crippen molar-refractivity contribution in [2.75, 3.05) is 20.2 Å². The van der Waals surface area contributed by atoms with Crippen LogP contribution in [0.2, 0.25) is 0 Å². The largest absolute Gasteiger partial charge is 0.497 e. The number of carbonyl (C=O) groups is 1. The molecule has 0 aliphatic carbocycles. The van der Waals surface area contributed by atoms with E-state index in [1.165, 1.54) is 49.6 Å². The zero-order valence-electron chi connectivity index (χ0n) is 17.6. The SMILES string of the molecule is COc1ccc(S(=O)(=O)N2CC=CCN(NS(=O)(=O)/C=C/c3ccccc3)C2C(=O)O)cc1. The lowest BCUT2D eigenvalue weighted by Crippen LogP contribution is -2.59. The quantitative estimate of drug-likeness (QED) is 0.528. The Balaban J connectivity index is 1.91. The fourth-order valence-electron chi connectivity index (χ4n) is 3.10. The molecule has 12 heteroatoms. The van der Waals surface area contributed by atoms with E-state index in [-0.39, 0.29) is 18.0 Å². The smallest absolute Gasteiger partial charge is 0.338 e. The maximum absolute atomic E-state index is 13.2. The molecule has 3 rings (SSSR count). The average Bonchev–Trinajstić information content (AvgIpc) is 3.01. The van der Waals surface area contributed by atoms with Crippen LogP contribution in [0.15, 0.2) is 77.1 Å². The van der Waals surface area contributed by atoms with Crippen molar-refractivity contribution in [3.63, 3.8) is 0 Å². The minimum Gasteiger partial charge on any atom is -0.497 e. The summed E-state index contributed by atoms with van der Waals surface area (Å²) in [6, 6.07) is 14.1. The van der Waals surface area contributed by atoms with Crippen LogP contribution >= 0.6 is 0 Å². The number of nitrogens with one attached hydrogen (secondary N) is 1. The van der Waals surface area contributed by atoms with Crippen LogP contribution in [0.5, 0.6) is 5.75 Å². The lowest BCUT2D eigenvalue weighted by atomic mass is 10.2. The molecule has 10 nitrogen and oxygen atoms in total. The number of carboxylic acid groups (broad SMARTS) is 1. The van der Waals surface area contributed by atoms with E-state index in [2.05, 4.69) is 4.83 Å². The van der Waals surface area contributed by atoms with Gasteiger partial charge in [0.2, 0.25) is 20.0 Å². The van der Waals surface area contributed by atoms with Crippen LogP contribution in [0.3, 0.4) is 0 Å². The number of hydrogen-bond acceptors (Lipinski definition) is 7. The van der Waals surface area contributed by atoms with Crippen molar-refractivity contribution in [3.05, 3.63) is 77.7 Å². The molecule has 0 radical (unpaired) electrons. The molecular weight excluding hydrogens is 470 g/mol. The van der Waals surface area contributed by atoms with Crippen molar-refractivity contribution in [2.45, 2.75) is 11.1 Å². The molecule has 0 fully saturated rings. The van der Waals surface area contributed by atoms with E-state index in [4.69, 9.17) is 4.74 Å². The molecule has 0 amide bonds. The van der Waals surface area contributed by atoms with Gasteiger partial charge in [0.05, 0.1) is 12.0 Å². The molecule has 2 N–H and O–H groups in total. The third-order valence-corrected chi connectivity index (χ3v) is 7.51. The second-order valence-electron chi connectivity index (χ2n) is 6.94. The second kappa shape index (κ2) is 10.3. The van der Waals surface area contributed by atoms with Crippen molar-refractivity contribution >= 4 is 32.1 Å². The van der Waals surface area contributed by atoms with Gasteiger partial charge in [0, 0.05) is 18.5 Å². The third-order valence-electron chi connectivity index (χ3n) is 4.69. The minimum absolute atomic E-state index is 0.156. The first kappa shape index (κ1) is 24.6. The van der Waals surface area contributed by atoms with Gasteiger partial charge in [0.25, 0.3) is 0 Å². The maximum atomic E-state index is 13.2. The van der Waals surface area contributed by atoms with E-state index in [0.29, 0.717) is 15.6 Å². The Morgan fingerprint density at radius 3 is 2.27 bits per heavy atom. The highest BCUT2D eigenvalue weighted by molar-refractivity contribution is 7.92. The first-order chi connectivity index (χ1) is 15.6. The number of benzene rings is 2. The first-order valence-electron chi connectivity index (χ1n) is 9.70.